The van der Waals surface area contributed by atoms with E-state index in [0.29, 0.717) is 0 Å². The van der Waals surface area contributed by atoms with Gasteiger partial charge in [-0.05, 0) is 41.9 Å². The Morgan fingerprint density at radius 2 is 2.21 bits per heavy atom. The molecule has 2 N–H and O–H groups in total. The number of nitrogens with two attached hydrogens (primary N) is 1. The molecule has 76 valence electrons. The molecule has 1 aromatic carbocycles. The molecule has 0 aromatic heterocycles. The van der Waals surface area contributed by atoms with Gasteiger partial charge in [0.15, 0.2) is 0 Å². The van der Waals surface area contributed by atoms with E-state index < -0.39 is 0 Å². The van der Waals surface area contributed by atoms with Crippen LogP contribution in [0.2, 0.25) is 0 Å². The summed E-state index contributed by atoms with van der Waals surface area (Å²) in [5, 5.41) is 0. The van der Waals surface area contributed by atoms with Crippen molar-refractivity contribution in [3.8, 4) is 0 Å². The molecule has 0 spiro atoms. The molecule has 1 nitrogen and oxygen atoms in total. The van der Waals surface area contributed by atoms with E-state index in [1.807, 2.05) is 0 Å². The Bertz CT molecular complexity index is 330. The number of rotatable bonds is 1. The van der Waals surface area contributed by atoms with Crippen molar-refractivity contribution in [2.75, 3.05) is 0 Å². The second-order valence-corrected chi connectivity index (χ2v) is 4.54. The van der Waals surface area contributed by atoms with Crippen LogP contribution >= 0.6 is 0 Å². The maximum Gasteiger partial charge on any atom is 0.0300 e. The van der Waals surface area contributed by atoms with Crippen molar-refractivity contribution < 1.29 is 0 Å². The fourth-order valence-electron chi connectivity index (χ4n) is 2.41. The first-order chi connectivity index (χ1) is 6.70. The average Bonchev–Trinajstić information content (AvgIpc) is 2.17. The second kappa shape index (κ2) is 3.74. The van der Waals surface area contributed by atoms with Gasteiger partial charge in [-0.1, -0.05) is 32.0 Å². The highest BCUT2D eigenvalue weighted by atomic mass is 14.6. The first-order valence-corrected chi connectivity index (χ1v) is 5.58. The van der Waals surface area contributed by atoms with Crippen LogP contribution in [0.25, 0.3) is 0 Å². The standard InChI is InChI=1S/C13H19N/c1-3-10-4-5-11-6-9(2)7-13(14)12(11)8-10/h4-5,8-9,13H,3,6-7,14H2,1-2H3. The highest BCUT2D eigenvalue weighted by molar-refractivity contribution is 5.36. The van der Waals surface area contributed by atoms with Crippen LogP contribution in [0.4, 0.5) is 0 Å². The van der Waals surface area contributed by atoms with Crippen molar-refractivity contribution in [3.63, 3.8) is 0 Å². The van der Waals surface area contributed by atoms with Gasteiger partial charge in [-0.15, -0.1) is 0 Å². The van der Waals surface area contributed by atoms with Crippen LogP contribution in [0.1, 0.15) is 43.0 Å². The molecule has 0 fully saturated rings. The molecule has 2 rings (SSSR count). The highest BCUT2D eigenvalue weighted by Crippen LogP contribution is 2.32. The third-order valence-electron chi connectivity index (χ3n) is 3.24. The van der Waals surface area contributed by atoms with Crippen LogP contribution in [0.15, 0.2) is 18.2 Å². The van der Waals surface area contributed by atoms with Crippen molar-refractivity contribution >= 4 is 0 Å². The van der Waals surface area contributed by atoms with Crippen LogP contribution in [0, 0.1) is 5.92 Å². The Morgan fingerprint density at radius 1 is 1.43 bits per heavy atom. The van der Waals surface area contributed by atoms with Crippen LogP contribution in [-0.2, 0) is 12.8 Å². The summed E-state index contributed by atoms with van der Waals surface area (Å²) in [6.45, 7) is 4.48. The minimum absolute atomic E-state index is 0.264. The molecule has 0 radical (unpaired) electrons. The molecule has 1 aliphatic rings. The Labute approximate surface area is 86.3 Å². The summed E-state index contributed by atoms with van der Waals surface area (Å²) >= 11 is 0. The SMILES string of the molecule is CCc1ccc2c(c1)C(N)CC(C)C2. The molecule has 0 aliphatic heterocycles. The number of fused-ring (bicyclic) bond motifs is 1. The molecule has 1 aromatic rings. The fourth-order valence-corrected chi connectivity index (χ4v) is 2.41. The summed E-state index contributed by atoms with van der Waals surface area (Å²) in [7, 11) is 0. The van der Waals surface area contributed by atoms with E-state index in [1.165, 1.54) is 23.1 Å². The molecule has 0 saturated carbocycles. The molecule has 1 aliphatic carbocycles. The summed E-state index contributed by atoms with van der Waals surface area (Å²) in [5.74, 6) is 0.741. The van der Waals surface area contributed by atoms with Gasteiger partial charge < -0.3 is 5.73 Å². The van der Waals surface area contributed by atoms with Crippen molar-refractivity contribution in [1.29, 1.82) is 0 Å². The predicted molar refractivity (Wildman–Crippen MR) is 60.2 cm³/mol. The van der Waals surface area contributed by atoms with Gasteiger partial charge in [0, 0.05) is 6.04 Å². The quantitative estimate of drug-likeness (QED) is 0.722. The Balaban J connectivity index is 2.39. The third-order valence-corrected chi connectivity index (χ3v) is 3.24. The van der Waals surface area contributed by atoms with E-state index in [9.17, 15) is 0 Å². The number of benzene rings is 1. The molecule has 0 saturated heterocycles. The highest BCUT2D eigenvalue weighted by Gasteiger charge is 2.21. The van der Waals surface area contributed by atoms with Gasteiger partial charge in [0.25, 0.3) is 0 Å². The van der Waals surface area contributed by atoms with Gasteiger partial charge >= 0.3 is 0 Å². The van der Waals surface area contributed by atoms with E-state index in [4.69, 9.17) is 5.73 Å². The minimum Gasteiger partial charge on any atom is -0.324 e. The van der Waals surface area contributed by atoms with Crippen LogP contribution in [0.5, 0.6) is 0 Å². The maximum atomic E-state index is 6.16. The molecular formula is C13H19N. The topological polar surface area (TPSA) is 26.0 Å². The summed E-state index contributed by atoms with van der Waals surface area (Å²) in [4.78, 5) is 0. The first-order valence-electron chi connectivity index (χ1n) is 5.58. The van der Waals surface area contributed by atoms with Gasteiger partial charge in [-0.2, -0.15) is 0 Å². The van der Waals surface area contributed by atoms with E-state index in [-0.39, 0.29) is 6.04 Å². The lowest BCUT2D eigenvalue weighted by molar-refractivity contribution is 0.439. The maximum absolute atomic E-state index is 6.16. The zero-order valence-electron chi connectivity index (χ0n) is 9.09. The summed E-state index contributed by atoms with van der Waals surface area (Å²) in [6, 6.07) is 7.07. The van der Waals surface area contributed by atoms with Crippen molar-refractivity contribution in [1.82, 2.24) is 0 Å². The van der Waals surface area contributed by atoms with Crippen molar-refractivity contribution in [2.45, 2.75) is 39.2 Å². The number of aryl methyl sites for hydroxylation is 1. The smallest absolute Gasteiger partial charge is 0.0300 e. The molecular weight excluding hydrogens is 170 g/mol. The largest absolute Gasteiger partial charge is 0.324 e. The zero-order chi connectivity index (χ0) is 10.1. The lowest BCUT2D eigenvalue weighted by Gasteiger charge is -2.27. The second-order valence-electron chi connectivity index (χ2n) is 4.54. The summed E-state index contributed by atoms with van der Waals surface area (Å²) < 4.78 is 0. The average molecular weight is 189 g/mol. The van der Waals surface area contributed by atoms with E-state index in [1.54, 1.807) is 0 Å². The Morgan fingerprint density at radius 3 is 2.93 bits per heavy atom. The van der Waals surface area contributed by atoms with Gasteiger partial charge in [-0.25, -0.2) is 0 Å². The molecule has 0 amide bonds. The fraction of sp³-hybridized carbons (Fsp3) is 0.538. The van der Waals surface area contributed by atoms with Gasteiger partial charge in [-0.3, -0.25) is 0 Å². The molecule has 0 heterocycles. The lowest BCUT2D eigenvalue weighted by Crippen LogP contribution is -2.22. The molecule has 14 heavy (non-hydrogen) atoms. The van der Waals surface area contributed by atoms with Gasteiger partial charge in [0.1, 0.15) is 0 Å². The van der Waals surface area contributed by atoms with Gasteiger partial charge in [0.05, 0.1) is 0 Å². The van der Waals surface area contributed by atoms with Crippen LogP contribution in [-0.4, -0.2) is 0 Å². The van der Waals surface area contributed by atoms with E-state index in [0.717, 1.165) is 18.8 Å². The van der Waals surface area contributed by atoms with Crippen molar-refractivity contribution in [2.24, 2.45) is 11.7 Å². The minimum atomic E-state index is 0.264. The number of hydrogen-bond acceptors (Lipinski definition) is 1. The van der Waals surface area contributed by atoms with Crippen LogP contribution < -0.4 is 5.73 Å². The summed E-state index contributed by atoms with van der Waals surface area (Å²) in [5.41, 5.74) is 10.4. The molecule has 0 bridgehead atoms. The zero-order valence-corrected chi connectivity index (χ0v) is 9.09. The monoisotopic (exact) mass is 189 g/mol. The van der Waals surface area contributed by atoms with Gasteiger partial charge in [0.2, 0.25) is 0 Å². The van der Waals surface area contributed by atoms with E-state index in [2.05, 4.69) is 32.0 Å². The lowest BCUT2D eigenvalue weighted by atomic mass is 9.81. The Hall–Kier alpha value is -0.820. The Kier molecular flexibility index (Phi) is 2.60. The predicted octanol–water partition coefficient (Wildman–Crippen LogP) is 2.83. The summed E-state index contributed by atoms with van der Waals surface area (Å²) in [6.07, 6.45) is 3.45. The van der Waals surface area contributed by atoms with Crippen molar-refractivity contribution in [3.05, 3.63) is 34.9 Å². The first kappa shape index (κ1) is 9.72. The molecule has 1 heteroatoms. The van der Waals surface area contributed by atoms with E-state index >= 15 is 0 Å². The normalized spacial score (nSPS) is 25.9. The third kappa shape index (κ3) is 1.69. The number of hydrogen-bond donors (Lipinski definition) is 1. The van der Waals surface area contributed by atoms with Crippen LogP contribution in [0.3, 0.4) is 0 Å². The molecule has 2 atom stereocenters. The molecule has 2 unspecified atom stereocenters.